The summed E-state index contributed by atoms with van der Waals surface area (Å²) in [6.45, 7) is 4.03. The maximum atomic E-state index is 15.3. The first-order chi connectivity index (χ1) is 19.5. The zero-order chi connectivity index (χ0) is 29.2. The van der Waals surface area contributed by atoms with Crippen LogP contribution >= 0.6 is 0 Å². The standard InChI is InChI=1S/C29H30F3N5O4/c1-16(2)37-24-11-22(30)23(10-21(24)26(39)36(28(37)41)14-18-12-29(18,31)32)33-27(40)34-9-5-7-19(15-34)35-13-17-6-3-4-8-20(17)25(35)38/h3-4,6,8,10-11,16,18-19H,5,7,9,12-15H2,1-2H3,(H,33,40). The quantitative estimate of drug-likeness (QED) is 0.499. The molecule has 2 unspecified atom stereocenters. The molecule has 3 amide bonds. The summed E-state index contributed by atoms with van der Waals surface area (Å²) in [5.74, 6) is -4.97. The summed E-state index contributed by atoms with van der Waals surface area (Å²) in [4.78, 5) is 55.8. The monoisotopic (exact) mass is 569 g/mol. The van der Waals surface area contributed by atoms with Gasteiger partial charge in [0.2, 0.25) is 0 Å². The first-order valence-corrected chi connectivity index (χ1v) is 13.8. The number of amides is 3. The van der Waals surface area contributed by atoms with Crippen LogP contribution in [0.25, 0.3) is 10.9 Å². The molecule has 3 aromatic rings. The van der Waals surface area contributed by atoms with E-state index in [1.165, 1.54) is 9.47 Å². The van der Waals surface area contributed by atoms with Crippen molar-refractivity contribution in [3.63, 3.8) is 0 Å². The van der Waals surface area contributed by atoms with E-state index in [4.69, 9.17) is 0 Å². The van der Waals surface area contributed by atoms with E-state index in [-0.39, 0.29) is 35.1 Å². The molecule has 1 N–H and O–H groups in total. The minimum atomic E-state index is -2.93. The highest BCUT2D eigenvalue weighted by Crippen LogP contribution is 2.49. The van der Waals surface area contributed by atoms with Crippen LogP contribution < -0.4 is 16.6 Å². The SMILES string of the molecule is CC(C)n1c(=O)n(CC2CC2(F)F)c(=O)c2cc(NC(=O)N3CCCC(N4Cc5ccccc5C4=O)C3)c(F)cc21. The lowest BCUT2D eigenvalue weighted by molar-refractivity contribution is 0.0607. The van der Waals surface area contributed by atoms with Gasteiger partial charge in [0.1, 0.15) is 5.82 Å². The van der Waals surface area contributed by atoms with Gasteiger partial charge in [-0.2, -0.15) is 0 Å². The van der Waals surface area contributed by atoms with E-state index >= 15 is 4.39 Å². The average Bonchev–Trinajstić information content (AvgIpc) is 3.40. The lowest BCUT2D eigenvalue weighted by Gasteiger charge is -2.37. The number of carbonyl (C=O) groups is 2. The van der Waals surface area contributed by atoms with E-state index in [2.05, 4.69) is 5.32 Å². The van der Waals surface area contributed by atoms with Crippen molar-refractivity contribution < 1.29 is 22.8 Å². The molecule has 0 radical (unpaired) electrons. The fraction of sp³-hybridized carbons (Fsp3) is 0.448. The summed E-state index contributed by atoms with van der Waals surface area (Å²) < 4.78 is 44.5. The zero-order valence-corrected chi connectivity index (χ0v) is 22.7. The number of alkyl halides is 2. The van der Waals surface area contributed by atoms with Gasteiger partial charge < -0.3 is 15.1 Å². The average molecular weight is 570 g/mol. The second kappa shape index (κ2) is 9.78. The van der Waals surface area contributed by atoms with Crippen molar-refractivity contribution in [1.82, 2.24) is 18.9 Å². The van der Waals surface area contributed by atoms with Crippen molar-refractivity contribution in [2.24, 2.45) is 5.92 Å². The fourth-order valence-corrected chi connectivity index (χ4v) is 6.00. The highest BCUT2D eigenvalue weighted by Gasteiger charge is 2.57. The Bertz CT molecular complexity index is 1700. The molecule has 3 aliphatic rings. The lowest BCUT2D eigenvalue weighted by atomic mass is 10.0. The molecule has 6 rings (SSSR count). The molecule has 0 bridgehead atoms. The van der Waals surface area contributed by atoms with E-state index < -0.39 is 53.9 Å². The molecule has 216 valence electrons. The molecule has 3 heterocycles. The van der Waals surface area contributed by atoms with Crippen molar-refractivity contribution in [1.29, 1.82) is 0 Å². The zero-order valence-electron chi connectivity index (χ0n) is 22.7. The first kappa shape index (κ1) is 27.1. The van der Waals surface area contributed by atoms with Gasteiger partial charge in [-0.3, -0.25) is 18.7 Å². The Labute approximate surface area is 233 Å². The van der Waals surface area contributed by atoms with Gasteiger partial charge in [-0.25, -0.2) is 22.8 Å². The third-order valence-electron chi connectivity index (χ3n) is 8.35. The smallest absolute Gasteiger partial charge is 0.330 e. The van der Waals surface area contributed by atoms with Crippen LogP contribution in [0, 0.1) is 11.7 Å². The van der Waals surface area contributed by atoms with Crippen molar-refractivity contribution in [3.8, 4) is 0 Å². The predicted octanol–water partition coefficient (Wildman–Crippen LogP) is 4.19. The van der Waals surface area contributed by atoms with Crippen LogP contribution in [-0.2, 0) is 13.1 Å². The summed E-state index contributed by atoms with van der Waals surface area (Å²) in [5.41, 5.74) is -0.242. The minimum Gasteiger partial charge on any atom is -0.330 e. The molecule has 1 saturated heterocycles. The van der Waals surface area contributed by atoms with E-state index in [0.29, 0.717) is 25.1 Å². The summed E-state index contributed by atoms with van der Waals surface area (Å²) in [7, 11) is 0. The Morgan fingerprint density at radius 1 is 1.15 bits per heavy atom. The highest BCUT2D eigenvalue weighted by molar-refractivity contribution is 5.98. The van der Waals surface area contributed by atoms with Crippen LogP contribution in [0.1, 0.15) is 55.1 Å². The summed E-state index contributed by atoms with van der Waals surface area (Å²) in [5, 5.41) is 2.48. The second-order valence-corrected chi connectivity index (χ2v) is 11.4. The van der Waals surface area contributed by atoms with E-state index in [0.717, 1.165) is 28.7 Å². The van der Waals surface area contributed by atoms with Crippen molar-refractivity contribution in [2.45, 2.75) is 64.2 Å². The van der Waals surface area contributed by atoms with Crippen LogP contribution in [0.2, 0.25) is 0 Å². The van der Waals surface area contributed by atoms with Gasteiger partial charge in [0.15, 0.2) is 0 Å². The molecule has 2 atom stereocenters. The number of carbonyl (C=O) groups excluding carboxylic acids is 2. The number of benzene rings is 2. The number of likely N-dealkylation sites (tertiary alicyclic amines) is 1. The van der Waals surface area contributed by atoms with Gasteiger partial charge in [-0.15, -0.1) is 0 Å². The molecule has 41 heavy (non-hydrogen) atoms. The number of nitrogens with zero attached hydrogens (tertiary/aromatic N) is 4. The van der Waals surface area contributed by atoms with Gasteiger partial charge in [0, 0.05) is 56.2 Å². The van der Waals surface area contributed by atoms with Crippen LogP contribution in [0.5, 0.6) is 0 Å². The van der Waals surface area contributed by atoms with Crippen LogP contribution in [0.15, 0.2) is 46.0 Å². The van der Waals surface area contributed by atoms with Gasteiger partial charge in [-0.05, 0) is 44.4 Å². The summed E-state index contributed by atoms with van der Waals surface area (Å²) in [6, 6.07) is 8.29. The molecule has 2 aliphatic heterocycles. The van der Waals surface area contributed by atoms with E-state index in [9.17, 15) is 28.0 Å². The number of piperidine rings is 1. The molecule has 1 aliphatic carbocycles. The number of hydrogen-bond acceptors (Lipinski definition) is 4. The van der Waals surface area contributed by atoms with E-state index in [1.807, 2.05) is 18.2 Å². The molecular formula is C29H30F3N5O4. The van der Waals surface area contributed by atoms with Gasteiger partial charge in [0.25, 0.3) is 17.4 Å². The summed E-state index contributed by atoms with van der Waals surface area (Å²) in [6.07, 6.45) is 0.963. The Balaban J connectivity index is 1.26. The number of halogens is 3. The molecule has 12 heteroatoms. The molecular weight excluding hydrogens is 539 g/mol. The number of rotatable bonds is 5. The third kappa shape index (κ3) is 4.68. The number of aromatic nitrogens is 2. The van der Waals surface area contributed by atoms with E-state index in [1.54, 1.807) is 24.8 Å². The Kier molecular flexibility index (Phi) is 6.46. The minimum absolute atomic E-state index is 0.0226. The molecule has 1 aromatic heterocycles. The fourth-order valence-electron chi connectivity index (χ4n) is 6.00. The normalized spacial score (nSPS) is 21.5. The van der Waals surface area contributed by atoms with Crippen LogP contribution in [0.4, 0.5) is 23.7 Å². The number of fused-ring (bicyclic) bond motifs is 2. The molecule has 9 nitrogen and oxygen atoms in total. The number of nitrogens with one attached hydrogen (secondary N) is 1. The van der Waals surface area contributed by atoms with Crippen molar-refractivity contribution in [3.05, 3.63) is 74.2 Å². The number of anilines is 1. The summed E-state index contributed by atoms with van der Waals surface area (Å²) >= 11 is 0. The highest BCUT2D eigenvalue weighted by atomic mass is 19.3. The van der Waals surface area contributed by atoms with Gasteiger partial charge >= 0.3 is 11.7 Å². The van der Waals surface area contributed by atoms with Crippen LogP contribution in [0.3, 0.4) is 0 Å². The molecule has 0 spiro atoms. The van der Waals surface area contributed by atoms with Gasteiger partial charge in [-0.1, -0.05) is 18.2 Å². The van der Waals surface area contributed by atoms with Crippen molar-refractivity contribution >= 4 is 28.5 Å². The number of hydrogen-bond donors (Lipinski definition) is 1. The number of urea groups is 1. The lowest BCUT2D eigenvalue weighted by Crippen LogP contribution is -2.51. The maximum Gasteiger partial charge on any atom is 0.331 e. The predicted molar refractivity (Wildman–Crippen MR) is 146 cm³/mol. The third-order valence-corrected chi connectivity index (χ3v) is 8.35. The Morgan fingerprint density at radius 2 is 1.88 bits per heavy atom. The molecule has 1 saturated carbocycles. The largest absolute Gasteiger partial charge is 0.331 e. The van der Waals surface area contributed by atoms with Crippen LogP contribution in [-0.4, -0.2) is 55.9 Å². The Morgan fingerprint density at radius 3 is 2.56 bits per heavy atom. The maximum absolute atomic E-state index is 15.3. The molecule has 2 fully saturated rings. The molecule has 2 aromatic carbocycles. The first-order valence-electron chi connectivity index (χ1n) is 13.8. The topological polar surface area (TPSA) is 96.6 Å². The second-order valence-electron chi connectivity index (χ2n) is 11.4. The van der Waals surface area contributed by atoms with Crippen molar-refractivity contribution in [2.75, 3.05) is 18.4 Å². The Hall–Kier alpha value is -4.09. The van der Waals surface area contributed by atoms with Gasteiger partial charge in [0.05, 0.1) is 22.6 Å².